The number of alkyl halides is 5. The zero-order valence-corrected chi connectivity index (χ0v) is 19.0. The van der Waals surface area contributed by atoms with Gasteiger partial charge in [-0.1, -0.05) is 18.7 Å². The van der Waals surface area contributed by atoms with Crippen molar-refractivity contribution in [3.63, 3.8) is 0 Å². The fourth-order valence-corrected chi connectivity index (χ4v) is 2.53. The predicted octanol–water partition coefficient (Wildman–Crippen LogP) is 6.28. The van der Waals surface area contributed by atoms with Crippen molar-refractivity contribution in [2.45, 2.75) is 57.5 Å². The number of carbonyl (C=O) groups is 2. The molecule has 0 aliphatic rings. The van der Waals surface area contributed by atoms with Gasteiger partial charge in [-0.25, -0.2) is 9.59 Å². The molecule has 1 aromatic rings. The third-order valence-electron chi connectivity index (χ3n) is 4.48. The molecule has 0 N–H and O–H groups in total. The van der Waals surface area contributed by atoms with Gasteiger partial charge in [0.15, 0.2) is 0 Å². The number of rotatable bonds is 15. The fourth-order valence-electron chi connectivity index (χ4n) is 2.53. The number of benzene rings is 1. The summed E-state index contributed by atoms with van der Waals surface area (Å²) in [5.74, 6) is -5.39. The van der Waals surface area contributed by atoms with Crippen molar-refractivity contribution in [1.82, 2.24) is 0 Å². The van der Waals surface area contributed by atoms with Crippen molar-refractivity contribution in [1.29, 1.82) is 0 Å². The first-order valence-electron chi connectivity index (χ1n) is 10.8. The van der Waals surface area contributed by atoms with Crippen LogP contribution in [0.5, 0.6) is 5.75 Å². The minimum absolute atomic E-state index is 0.364. The summed E-state index contributed by atoms with van der Waals surface area (Å²) < 4.78 is 76.9. The molecule has 0 saturated carbocycles. The topological polar surface area (TPSA) is 61.8 Å². The normalized spacial score (nSPS) is 11.9. The van der Waals surface area contributed by atoms with E-state index in [4.69, 9.17) is 9.47 Å². The Labute approximate surface area is 195 Å². The maximum atomic E-state index is 12.8. The summed E-state index contributed by atoms with van der Waals surface area (Å²) in [7, 11) is 0. The lowest BCUT2D eigenvalue weighted by molar-refractivity contribution is -0.284. The summed E-state index contributed by atoms with van der Waals surface area (Å²) in [6.07, 6.45) is -1.77. The van der Waals surface area contributed by atoms with Gasteiger partial charge < -0.3 is 14.2 Å². The summed E-state index contributed by atoms with van der Waals surface area (Å²) in [6, 6.07) is 6.81. The number of halogens is 5. The molecular weight excluding hydrogens is 463 g/mol. The van der Waals surface area contributed by atoms with Crippen LogP contribution in [0.1, 0.15) is 51.0 Å². The number of carbonyl (C=O) groups excluding carboxylic acids is 2. The zero-order valence-electron chi connectivity index (χ0n) is 19.0. The van der Waals surface area contributed by atoms with E-state index in [1.807, 2.05) is 0 Å². The SMILES string of the molecule is C=C(C)C(=O)OCCCCCCOc1ccc(/C=C/C(=O)OCCCC(F)(F)C(F)(F)F)cc1. The highest BCUT2D eigenvalue weighted by molar-refractivity contribution is 5.87. The van der Waals surface area contributed by atoms with Gasteiger partial charge in [0.1, 0.15) is 5.75 Å². The van der Waals surface area contributed by atoms with Gasteiger partial charge in [0.05, 0.1) is 19.8 Å². The molecule has 0 bridgehead atoms. The van der Waals surface area contributed by atoms with E-state index in [0.29, 0.717) is 30.1 Å². The summed E-state index contributed by atoms with van der Waals surface area (Å²) in [4.78, 5) is 22.8. The maximum absolute atomic E-state index is 12.8. The molecule has 1 rings (SSSR count). The van der Waals surface area contributed by atoms with Crippen molar-refractivity contribution in [2.24, 2.45) is 0 Å². The third-order valence-corrected chi connectivity index (χ3v) is 4.48. The number of esters is 2. The van der Waals surface area contributed by atoms with E-state index in [1.165, 1.54) is 6.08 Å². The van der Waals surface area contributed by atoms with E-state index in [0.717, 1.165) is 31.8 Å². The van der Waals surface area contributed by atoms with Crippen LogP contribution in [-0.2, 0) is 19.1 Å². The summed E-state index contributed by atoms with van der Waals surface area (Å²) >= 11 is 0. The second kappa shape index (κ2) is 14.4. The second-order valence-electron chi connectivity index (χ2n) is 7.55. The third kappa shape index (κ3) is 11.8. The Hall–Kier alpha value is -2.91. The number of unbranched alkanes of at least 4 members (excludes halogenated alkanes) is 3. The van der Waals surface area contributed by atoms with Crippen LogP contribution in [0.3, 0.4) is 0 Å². The van der Waals surface area contributed by atoms with Crippen LogP contribution >= 0.6 is 0 Å². The van der Waals surface area contributed by atoms with Crippen LogP contribution in [0.4, 0.5) is 22.0 Å². The van der Waals surface area contributed by atoms with E-state index in [-0.39, 0.29) is 5.97 Å². The van der Waals surface area contributed by atoms with Gasteiger partial charge >= 0.3 is 24.0 Å². The molecule has 190 valence electrons. The van der Waals surface area contributed by atoms with E-state index in [1.54, 1.807) is 31.2 Å². The Morgan fingerprint density at radius 1 is 0.882 bits per heavy atom. The molecule has 0 atom stereocenters. The lowest BCUT2D eigenvalue weighted by Gasteiger charge is -2.18. The summed E-state index contributed by atoms with van der Waals surface area (Å²) in [5, 5.41) is 0. The lowest BCUT2D eigenvalue weighted by Crippen LogP contribution is -2.36. The number of hydrogen-bond donors (Lipinski definition) is 0. The van der Waals surface area contributed by atoms with Crippen molar-refractivity contribution < 1.29 is 45.8 Å². The van der Waals surface area contributed by atoms with Crippen molar-refractivity contribution >= 4 is 18.0 Å². The summed E-state index contributed by atoms with van der Waals surface area (Å²) in [5.41, 5.74) is 1.03. The smallest absolute Gasteiger partial charge is 0.453 e. The van der Waals surface area contributed by atoms with Gasteiger partial charge in [-0.05, 0) is 62.8 Å². The molecule has 0 amide bonds. The van der Waals surface area contributed by atoms with Gasteiger partial charge in [-0.3, -0.25) is 0 Å². The Morgan fingerprint density at radius 2 is 1.47 bits per heavy atom. The van der Waals surface area contributed by atoms with Crippen LogP contribution in [0.2, 0.25) is 0 Å². The molecular formula is C24H29F5O5. The molecule has 0 spiro atoms. The first-order valence-corrected chi connectivity index (χ1v) is 10.8. The average molecular weight is 492 g/mol. The lowest BCUT2D eigenvalue weighted by atomic mass is 10.2. The Bertz CT molecular complexity index is 816. The average Bonchev–Trinajstić information content (AvgIpc) is 2.76. The minimum Gasteiger partial charge on any atom is -0.494 e. The maximum Gasteiger partial charge on any atom is 0.453 e. The van der Waals surface area contributed by atoms with E-state index >= 15 is 0 Å². The standard InChI is InChI=1S/C24H29F5O5/c1-18(2)22(31)34-16-6-4-3-5-15-32-20-11-8-19(9-12-20)10-13-21(30)33-17-7-14-23(25,26)24(27,28)29/h8-13H,1,3-7,14-17H2,2H3/b13-10+. The minimum atomic E-state index is -5.62. The second-order valence-corrected chi connectivity index (χ2v) is 7.55. The van der Waals surface area contributed by atoms with Crippen molar-refractivity contribution in [2.75, 3.05) is 19.8 Å². The first-order chi connectivity index (χ1) is 15.9. The van der Waals surface area contributed by atoms with Crippen LogP contribution in [0.25, 0.3) is 6.08 Å². The Balaban J connectivity index is 2.20. The molecule has 5 nitrogen and oxygen atoms in total. The Kier molecular flexibility index (Phi) is 12.3. The molecule has 1 aromatic carbocycles. The van der Waals surface area contributed by atoms with Crippen molar-refractivity contribution in [3.8, 4) is 5.75 Å². The van der Waals surface area contributed by atoms with Crippen LogP contribution in [0, 0.1) is 0 Å². The van der Waals surface area contributed by atoms with Gasteiger partial charge in [0.2, 0.25) is 0 Å². The van der Waals surface area contributed by atoms with Gasteiger partial charge in [-0.2, -0.15) is 22.0 Å². The monoisotopic (exact) mass is 492 g/mol. The fraction of sp³-hybridized carbons (Fsp3) is 0.500. The highest BCUT2D eigenvalue weighted by Crippen LogP contribution is 2.38. The predicted molar refractivity (Wildman–Crippen MR) is 116 cm³/mol. The van der Waals surface area contributed by atoms with E-state index in [2.05, 4.69) is 11.3 Å². The van der Waals surface area contributed by atoms with Crippen LogP contribution in [0.15, 0.2) is 42.5 Å². The molecule has 10 heteroatoms. The first kappa shape index (κ1) is 29.1. The molecule has 0 saturated heterocycles. The summed E-state index contributed by atoms with van der Waals surface area (Å²) in [6.45, 7) is 5.44. The Morgan fingerprint density at radius 3 is 2.06 bits per heavy atom. The molecule has 0 fully saturated rings. The zero-order chi connectivity index (χ0) is 25.6. The molecule has 34 heavy (non-hydrogen) atoms. The van der Waals surface area contributed by atoms with Gasteiger partial charge in [0, 0.05) is 18.1 Å². The molecule has 0 aliphatic carbocycles. The number of ether oxygens (including phenoxy) is 3. The number of hydrogen-bond acceptors (Lipinski definition) is 5. The van der Waals surface area contributed by atoms with Crippen LogP contribution in [-0.4, -0.2) is 43.9 Å². The molecule has 0 radical (unpaired) electrons. The van der Waals surface area contributed by atoms with Gasteiger partial charge in [-0.15, -0.1) is 0 Å². The molecule has 0 aliphatic heterocycles. The highest BCUT2D eigenvalue weighted by atomic mass is 19.4. The van der Waals surface area contributed by atoms with E-state index in [9.17, 15) is 31.5 Å². The quantitative estimate of drug-likeness (QED) is 0.125. The largest absolute Gasteiger partial charge is 0.494 e. The van der Waals surface area contributed by atoms with Crippen molar-refractivity contribution in [3.05, 3.63) is 48.1 Å². The van der Waals surface area contributed by atoms with Gasteiger partial charge in [0.25, 0.3) is 0 Å². The molecule has 0 unspecified atom stereocenters. The highest BCUT2D eigenvalue weighted by Gasteiger charge is 2.56. The molecule has 0 aromatic heterocycles. The van der Waals surface area contributed by atoms with E-state index < -0.39 is 37.5 Å². The van der Waals surface area contributed by atoms with Crippen LogP contribution < -0.4 is 4.74 Å². The molecule has 0 heterocycles.